The average Bonchev–Trinajstić information content (AvgIpc) is 2.52. The Balaban J connectivity index is 2.69. The molecule has 0 amide bonds. The minimum absolute atomic E-state index is 0.00680. The molecule has 0 bridgehead atoms. The quantitative estimate of drug-likeness (QED) is 0.415. The average molecular weight is 394 g/mol. The molecule has 7 nitrogen and oxygen atoms in total. The van der Waals surface area contributed by atoms with Crippen LogP contribution in [0.25, 0.3) is 0 Å². The first-order valence-corrected chi connectivity index (χ1v) is 9.25. The molecule has 0 radical (unpaired) electrons. The van der Waals surface area contributed by atoms with Crippen molar-refractivity contribution in [3.8, 4) is 0 Å². The topological polar surface area (TPSA) is 87.7 Å². The molecule has 0 heterocycles. The van der Waals surface area contributed by atoms with Gasteiger partial charge in [0.05, 0.1) is 12.1 Å². The third kappa shape index (κ3) is 5.90. The number of halogens is 1. The van der Waals surface area contributed by atoms with Gasteiger partial charge in [0.25, 0.3) is 0 Å². The lowest BCUT2D eigenvalue weighted by molar-refractivity contribution is -0.140. The molecular weight excluding hydrogens is 374 g/mol. The Morgan fingerprint density at radius 2 is 2.04 bits per heavy atom. The number of thiocarbonyl (C=S) groups is 1. The van der Waals surface area contributed by atoms with Gasteiger partial charge in [0, 0.05) is 32.7 Å². The second-order valence-corrected chi connectivity index (χ2v) is 7.93. The van der Waals surface area contributed by atoms with Crippen molar-refractivity contribution in [2.45, 2.75) is 17.7 Å². The molecule has 0 fully saturated rings. The van der Waals surface area contributed by atoms with Crippen LogP contribution in [0.3, 0.4) is 0 Å². The molecule has 1 aromatic rings. The van der Waals surface area contributed by atoms with E-state index in [4.69, 9.17) is 23.8 Å². The van der Waals surface area contributed by atoms with Gasteiger partial charge in [-0.25, -0.2) is 12.7 Å². The Morgan fingerprint density at radius 3 is 2.62 bits per heavy atom. The minimum Gasteiger partial charge on any atom is -0.469 e. The summed E-state index contributed by atoms with van der Waals surface area (Å²) >= 11 is 11.1. The third-order valence-electron chi connectivity index (χ3n) is 3.02. The van der Waals surface area contributed by atoms with Crippen LogP contribution in [-0.4, -0.2) is 51.6 Å². The van der Waals surface area contributed by atoms with E-state index in [-0.39, 0.29) is 22.3 Å². The maximum atomic E-state index is 12.2. The van der Waals surface area contributed by atoms with Crippen molar-refractivity contribution in [3.05, 3.63) is 23.2 Å². The van der Waals surface area contributed by atoms with Gasteiger partial charge in [-0.2, -0.15) is 0 Å². The van der Waals surface area contributed by atoms with Crippen molar-refractivity contribution >= 4 is 50.6 Å². The summed E-state index contributed by atoms with van der Waals surface area (Å²) in [5.41, 5.74) is 0.491. The van der Waals surface area contributed by atoms with Crippen LogP contribution >= 0.6 is 23.8 Å². The van der Waals surface area contributed by atoms with Crippen LogP contribution in [0.2, 0.25) is 5.02 Å². The van der Waals surface area contributed by atoms with Crippen LogP contribution in [0.5, 0.6) is 0 Å². The maximum absolute atomic E-state index is 12.2. The second-order valence-electron chi connectivity index (χ2n) is 4.99. The fraction of sp³-hybridized carbons (Fsp3) is 0.429. The van der Waals surface area contributed by atoms with Crippen LogP contribution in [0, 0.1) is 0 Å². The summed E-state index contributed by atoms with van der Waals surface area (Å²) in [7, 11) is 0.542. The molecule has 0 aromatic heterocycles. The minimum atomic E-state index is -3.65. The summed E-state index contributed by atoms with van der Waals surface area (Å²) in [6.45, 7) is 0.484. The first-order chi connectivity index (χ1) is 11.2. The Bertz CT molecular complexity index is 708. The molecule has 0 saturated heterocycles. The number of sulfonamides is 1. The van der Waals surface area contributed by atoms with Gasteiger partial charge in [-0.3, -0.25) is 4.79 Å². The fourth-order valence-corrected chi connectivity index (χ4v) is 3.30. The predicted octanol–water partition coefficient (Wildman–Crippen LogP) is 1.83. The van der Waals surface area contributed by atoms with E-state index in [1.807, 2.05) is 0 Å². The first kappa shape index (κ1) is 20.6. The Labute approximate surface area is 152 Å². The lowest BCUT2D eigenvalue weighted by Crippen LogP contribution is -2.29. The van der Waals surface area contributed by atoms with Gasteiger partial charge >= 0.3 is 5.97 Å². The first-order valence-electron chi connectivity index (χ1n) is 7.02. The highest BCUT2D eigenvalue weighted by molar-refractivity contribution is 7.89. The Kier molecular flexibility index (Phi) is 7.88. The highest BCUT2D eigenvalue weighted by atomic mass is 35.5. The number of carbonyl (C=O) groups is 1. The summed E-state index contributed by atoms with van der Waals surface area (Å²) in [4.78, 5) is 11.0. The molecule has 2 N–H and O–H groups in total. The van der Waals surface area contributed by atoms with Crippen molar-refractivity contribution in [3.63, 3.8) is 0 Å². The molecule has 1 aromatic carbocycles. The normalized spacial score (nSPS) is 11.2. The van der Waals surface area contributed by atoms with E-state index >= 15 is 0 Å². The number of nitrogens with zero attached hydrogens (tertiary/aromatic N) is 1. The summed E-state index contributed by atoms with van der Waals surface area (Å²) in [5.74, 6) is -0.285. The molecule has 0 aliphatic rings. The molecule has 134 valence electrons. The number of hydrogen-bond donors (Lipinski definition) is 2. The van der Waals surface area contributed by atoms with Crippen LogP contribution in [0.15, 0.2) is 23.1 Å². The van der Waals surface area contributed by atoms with E-state index in [1.54, 1.807) is 6.07 Å². The van der Waals surface area contributed by atoms with Gasteiger partial charge in [0.2, 0.25) is 10.0 Å². The number of hydrogen-bond acceptors (Lipinski definition) is 5. The van der Waals surface area contributed by atoms with Crippen molar-refractivity contribution in [2.24, 2.45) is 0 Å². The summed E-state index contributed by atoms with van der Waals surface area (Å²) in [6, 6.07) is 4.53. The Hall–Kier alpha value is -1.42. The number of methoxy groups -OCH3 is 1. The highest BCUT2D eigenvalue weighted by Crippen LogP contribution is 2.26. The van der Waals surface area contributed by atoms with E-state index in [0.717, 1.165) is 4.31 Å². The molecular formula is C14H20ClN3O4S2. The van der Waals surface area contributed by atoms with Gasteiger partial charge in [-0.05, 0) is 36.8 Å². The van der Waals surface area contributed by atoms with Crippen molar-refractivity contribution in [2.75, 3.05) is 33.1 Å². The molecule has 0 unspecified atom stereocenters. The third-order valence-corrected chi connectivity index (χ3v) is 5.56. The predicted molar refractivity (Wildman–Crippen MR) is 97.8 cm³/mol. The fourth-order valence-electron chi connectivity index (χ4n) is 1.69. The van der Waals surface area contributed by atoms with Crippen LogP contribution in [0.1, 0.15) is 12.8 Å². The molecule has 0 aliphatic carbocycles. The zero-order chi connectivity index (χ0) is 18.3. The van der Waals surface area contributed by atoms with E-state index in [0.29, 0.717) is 23.8 Å². The number of benzene rings is 1. The van der Waals surface area contributed by atoms with Crippen molar-refractivity contribution in [1.29, 1.82) is 0 Å². The zero-order valence-corrected chi connectivity index (χ0v) is 16.0. The lowest BCUT2D eigenvalue weighted by atomic mass is 10.3. The molecule has 0 saturated carbocycles. The number of anilines is 1. The van der Waals surface area contributed by atoms with Gasteiger partial charge in [0.15, 0.2) is 5.11 Å². The second kappa shape index (κ2) is 9.16. The van der Waals surface area contributed by atoms with Crippen molar-refractivity contribution < 1.29 is 17.9 Å². The van der Waals surface area contributed by atoms with E-state index in [9.17, 15) is 13.2 Å². The SMILES string of the molecule is COC(=O)CCCNC(=S)Nc1ccc(Cl)c(S(=O)(=O)N(C)C)c1. The van der Waals surface area contributed by atoms with Crippen molar-refractivity contribution in [1.82, 2.24) is 9.62 Å². The van der Waals surface area contributed by atoms with Gasteiger partial charge in [0.1, 0.15) is 4.90 Å². The number of rotatable bonds is 7. The number of ether oxygens (including phenoxy) is 1. The maximum Gasteiger partial charge on any atom is 0.305 e. The smallest absolute Gasteiger partial charge is 0.305 e. The standard InChI is InChI=1S/C14H20ClN3O4S2/c1-18(2)24(20,21)12-9-10(6-7-11(12)15)17-14(23)16-8-4-5-13(19)22-3/h6-7,9H,4-5,8H2,1-3H3,(H2,16,17,23). The molecule has 0 spiro atoms. The number of nitrogens with one attached hydrogen (secondary N) is 2. The van der Waals surface area contributed by atoms with E-state index in [2.05, 4.69) is 15.4 Å². The van der Waals surface area contributed by atoms with Crippen LogP contribution in [0.4, 0.5) is 5.69 Å². The monoisotopic (exact) mass is 393 g/mol. The summed E-state index contributed by atoms with van der Waals surface area (Å²) in [6.07, 6.45) is 0.855. The van der Waals surface area contributed by atoms with Gasteiger partial charge in [-0.15, -0.1) is 0 Å². The molecule has 24 heavy (non-hydrogen) atoms. The van der Waals surface area contributed by atoms with E-state index in [1.165, 1.54) is 33.3 Å². The Morgan fingerprint density at radius 1 is 1.38 bits per heavy atom. The van der Waals surface area contributed by atoms with Crippen LogP contribution in [-0.2, 0) is 19.6 Å². The molecule has 10 heteroatoms. The van der Waals surface area contributed by atoms with Gasteiger partial charge in [-0.1, -0.05) is 11.6 Å². The largest absolute Gasteiger partial charge is 0.469 e. The summed E-state index contributed by atoms with van der Waals surface area (Å²) in [5, 5.41) is 6.26. The summed E-state index contributed by atoms with van der Waals surface area (Å²) < 4.78 is 30.1. The number of carbonyl (C=O) groups excluding carboxylic acids is 1. The number of esters is 1. The van der Waals surface area contributed by atoms with Crippen LogP contribution < -0.4 is 10.6 Å². The van der Waals surface area contributed by atoms with Gasteiger partial charge < -0.3 is 15.4 Å². The lowest BCUT2D eigenvalue weighted by Gasteiger charge is -2.15. The van der Waals surface area contributed by atoms with E-state index < -0.39 is 10.0 Å². The molecule has 1 rings (SSSR count). The molecule has 0 aliphatic heterocycles. The zero-order valence-electron chi connectivity index (χ0n) is 13.6. The molecule has 0 atom stereocenters. The highest BCUT2D eigenvalue weighted by Gasteiger charge is 2.21.